The lowest BCUT2D eigenvalue weighted by Crippen LogP contribution is -2.01. The molecule has 2 rings (SSSR count). The van der Waals surface area contributed by atoms with Gasteiger partial charge < -0.3 is 5.73 Å². The highest BCUT2D eigenvalue weighted by molar-refractivity contribution is 5.30. The molecule has 2 aromatic rings. The molecule has 0 unspecified atom stereocenters. The zero-order valence-corrected chi connectivity index (χ0v) is 6.12. The molecule has 6 heteroatoms. The normalized spacial score (nSPS) is 10.0. The molecule has 0 amide bonds. The first-order chi connectivity index (χ1) is 5.86. The molecule has 12 heavy (non-hydrogen) atoms. The topological polar surface area (TPSA) is 82.5 Å². The molecule has 0 aliphatic carbocycles. The van der Waals surface area contributed by atoms with E-state index in [0.29, 0.717) is 11.6 Å². The minimum atomic E-state index is 0.388. The summed E-state index contributed by atoms with van der Waals surface area (Å²) in [6, 6.07) is 3.38. The van der Waals surface area contributed by atoms with Gasteiger partial charge in [0, 0.05) is 0 Å². The smallest absolute Gasteiger partial charge is 0.177 e. The van der Waals surface area contributed by atoms with Crippen LogP contribution in [-0.2, 0) is 0 Å². The molecule has 0 saturated carbocycles. The number of aromatic nitrogens is 5. The number of nitrogens with two attached hydrogens (primary N) is 1. The van der Waals surface area contributed by atoms with Gasteiger partial charge in [0.2, 0.25) is 0 Å². The molecule has 0 radical (unpaired) electrons. The molecule has 0 atom stereocenters. The van der Waals surface area contributed by atoms with Gasteiger partial charge in [-0.2, -0.15) is 5.10 Å². The van der Waals surface area contributed by atoms with Gasteiger partial charge in [0.05, 0.1) is 0 Å². The molecular weight excluding hydrogens is 156 g/mol. The Balaban J connectivity index is 2.43. The number of nitrogen functional groups attached to an aromatic ring is 1. The van der Waals surface area contributed by atoms with Crippen LogP contribution in [0.2, 0.25) is 0 Å². The van der Waals surface area contributed by atoms with Crippen molar-refractivity contribution < 1.29 is 0 Å². The van der Waals surface area contributed by atoms with Crippen molar-refractivity contribution in [3.05, 3.63) is 24.8 Å². The fourth-order valence-electron chi connectivity index (χ4n) is 0.784. The summed E-state index contributed by atoms with van der Waals surface area (Å²) in [7, 11) is 0. The van der Waals surface area contributed by atoms with Gasteiger partial charge in [0.1, 0.15) is 18.5 Å². The molecule has 2 aromatic heterocycles. The predicted molar refractivity (Wildman–Crippen MR) is 41.4 cm³/mol. The number of hydrogen-bond donors (Lipinski definition) is 1. The van der Waals surface area contributed by atoms with Crippen molar-refractivity contribution in [1.29, 1.82) is 0 Å². The first kappa shape index (κ1) is 6.71. The van der Waals surface area contributed by atoms with Crippen molar-refractivity contribution in [2.75, 3.05) is 5.73 Å². The summed E-state index contributed by atoms with van der Waals surface area (Å²) in [4.78, 5) is 3.77. The fraction of sp³-hybridized carbons (Fsp3) is 0. The summed E-state index contributed by atoms with van der Waals surface area (Å²) in [5, 5.41) is 11.4. The van der Waals surface area contributed by atoms with E-state index in [2.05, 4.69) is 20.3 Å². The summed E-state index contributed by atoms with van der Waals surface area (Å²) in [5.74, 6) is 0.987. The van der Waals surface area contributed by atoms with Crippen LogP contribution in [0.4, 0.5) is 5.82 Å². The minimum Gasteiger partial charge on any atom is -0.382 e. The molecule has 2 heterocycles. The minimum absolute atomic E-state index is 0.388. The van der Waals surface area contributed by atoms with Crippen molar-refractivity contribution in [3.8, 4) is 5.82 Å². The Morgan fingerprint density at radius 2 is 2.17 bits per heavy atom. The lowest BCUT2D eigenvalue weighted by molar-refractivity contribution is 0.815. The van der Waals surface area contributed by atoms with Gasteiger partial charge in [-0.1, -0.05) is 0 Å². The quantitative estimate of drug-likeness (QED) is 0.619. The lowest BCUT2D eigenvalue weighted by Gasteiger charge is -1.96. The van der Waals surface area contributed by atoms with Gasteiger partial charge in [0.15, 0.2) is 5.82 Å². The maximum absolute atomic E-state index is 5.36. The lowest BCUT2D eigenvalue weighted by atomic mass is 10.5. The zero-order valence-electron chi connectivity index (χ0n) is 6.12. The van der Waals surface area contributed by atoms with Crippen LogP contribution in [0.15, 0.2) is 24.8 Å². The van der Waals surface area contributed by atoms with E-state index in [4.69, 9.17) is 5.73 Å². The van der Waals surface area contributed by atoms with Crippen LogP contribution in [0.5, 0.6) is 0 Å². The monoisotopic (exact) mass is 162 g/mol. The number of rotatable bonds is 1. The second kappa shape index (κ2) is 2.57. The van der Waals surface area contributed by atoms with Crippen LogP contribution < -0.4 is 5.73 Å². The highest BCUT2D eigenvalue weighted by atomic mass is 15.4. The zero-order chi connectivity index (χ0) is 8.39. The molecule has 0 aliphatic heterocycles. The van der Waals surface area contributed by atoms with E-state index < -0.39 is 0 Å². The van der Waals surface area contributed by atoms with E-state index in [1.165, 1.54) is 11.0 Å². The molecule has 0 aromatic carbocycles. The van der Waals surface area contributed by atoms with Crippen LogP contribution in [0.25, 0.3) is 5.82 Å². The van der Waals surface area contributed by atoms with Crippen molar-refractivity contribution >= 4 is 5.82 Å². The van der Waals surface area contributed by atoms with Gasteiger partial charge in [0.25, 0.3) is 0 Å². The maximum Gasteiger partial charge on any atom is 0.177 e. The average molecular weight is 162 g/mol. The molecular formula is C6H6N6. The molecule has 0 spiro atoms. The van der Waals surface area contributed by atoms with Gasteiger partial charge >= 0.3 is 0 Å². The second-order valence-electron chi connectivity index (χ2n) is 2.16. The Kier molecular flexibility index (Phi) is 1.44. The van der Waals surface area contributed by atoms with Gasteiger partial charge in [-0.3, -0.25) is 0 Å². The Morgan fingerprint density at radius 3 is 2.75 bits per heavy atom. The van der Waals surface area contributed by atoms with Crippen molar-refractivity contribution in [2.24, 2.45) is 0 Å². The molecule has 0 fully saturated rings. The SMILES string of the molecule is Nc1ccc(-n2cncn2)nn1. The Bertz CT molecular complexity index is 350. The van der Waals surface area contributed by atoms with E-state index in [1.54, 1.807) is 18.5 Å². The predicted octanol–water partition coefficient (Wildman–Crippen LogP) is -0.361. The number of anilines is 1. The third kappa shape index (κ3) is 1.09. The van der Waals surface area contributed by atoms with Crippen LogP contribution >= 0.6 is 0 Å². The van der Waals surface area contributed by atoms with Gasteiger partial charge in [-0.05, 0) is 12.1 Å². The highest BCUT2D eigenvalue weighted by Crippen LogP contribution is 2.00. The maximum atomic E-state index is 5.36. The van der Waals surface area contributed by atoms with Crippen LogP contribution in [-0.4, -0.2) is 25.0 Å². The first-order valence-corrected chi connectivity index (χ1v) is 3.30. The molecule has 6 nitrogen and oxygen atoms in total. The van der Waals surface area contributed by atoms with Gasteiger partial charge in [-0.25, -0.2) is 9.67 Å². The van der Waals surface area contributed by atoms with E-state index in [9.17, 15) is 0 Å². The van der Waals surface area contributed by atoms with E-state index in [0.717, 1.165) is 0 Å². The van der Waals surface area contributed by atoms with Gasteiger partial charge in [-0.15, -0.1) is 10.2 Å². The molecule has 60 valence electrons. The number of hydrogen-bond acceptors (Lipinski definition) is 5. The summed E-state index contributed by atoms with van der Waals surface area (Å²) in [5.41, 5.74) is 5.36. The molecule has 0 saturated heterocycles. The Hall–Kier alpha value is -1.98. The van der Waals surface area contributed by atoms with E-state index in [1.807, 2.05) is 0 Å². The highest BCUT2D eigenvalue weighted by Gasteiger charge is 1.97. The Morgan fingerprint density at radius 1 is 1.25 bits per heavy atom. The third-order valence-electron chi connectivity index (χ3n) is 1.32. The third-order valence-corrected chi connectivity index (χ3v) is 1.32. The van der Waals surface area contributed by atoms with Crippen molar-refractivity contribution in [2.45, 2.75) is 0 Å². The van der Waals surface area contributed by atoms with Crippen LogP contribution in [0, 0.1) is 0 Å². The van der Waals surface area contributed by atoms with Crippen molar-refractivity contribution in [3.63, 3.8) is 0 Å². The van der Waals surface area contributed by atoms with E-state index >= 15 is 0 Å². The fourth-order valence-corrected chi connectivity index (χ4v) is 0.784. The summed E-state index contributed by atoms with van der Waals surface area (Å²) < 4.78 is 1.51. The average Bonchev–Trinajstić information content (AvgIpc) is 2.58. The largest absolute Gasteiger partial charge is 0.382 e. The van der Waals surface area contributed by atoms with Crippen LogP contribution in [0.3, 0.4) is 0 Å². The van der Waals surface area contributed by atoms with E-state index in [-0.39, 0.29) is 0 Å². The molecule has 0 aliphatic rings. The molecule has 0 bridgehead atoms. The second-order valence-corrected chi connectivity index (χ2v) is 2.16. The standard InChI is InChI=1S/C6H6N6/c7-5-1-2-6(11-10-5)12-4-8-3-9-12/h1-4H,(H2,7,10). The van der Waals surface area contributed by atoms with Crippen molar-refractivity contribution in [1.82, 2.24) is 25.0 Å². The number of nitrogens with zero attached hydrogens (tertiary/aromatic N) is 5. The summed E-state index contributed by atoms with van der Waals surface area (Å²) in [6.45, 7) is 0. The molecule has 2 N–H and O–H groups in total. The Labute approximate surface area is 68.1 Å². The summed E-state index contributed by atoms with van der Waals surface area (Å²) in [6.07, 6.45) is 2.97. The summed E-state index contributed by atoms with van der Waals surface area (Å²) >= 11 is 0. The first-order valence-electron chi connectivity index (χ1n) is 3.30. The van der Waals surface area contributed by atoms with Crippen LogP contribution in [0.1, 0.15) is 0 Å².